The molecule has 1 atom stereocenters. The van der Waals surface area contributed by atoms with Crippen molar-refractivity contribution in [2.75, 3.05) is 6.61 Å². The number of nitrogens with one attached hydrogen (secondary N) is 1. The van der Waals surface area contributed by atoms with Crippen molar-refractivity contribution in [3.05, 3.63) is 54.1 Å². The molecule has 0 saturated heterocycles. The summed E-state index contributed by atoms with van der Waals surface area (Å²) in [4.78, 5) is 4.35. The maximum absolute atomic E-state index is 9.49. The number of aromatic nitrogens is 2. The molecule has 4 heteroatoms. The Morgan fingerprint density at radius 1 is 1.32 bits per heavy atom. The van der Waals surface area contributed by atoms with Gasteiger partial charge in [-0.3, -0.25) is 0 Å². The van der Waals surface area contributed by atoms with Crippen LogP contribution in [0.4, 0.5) is 0 Å². The van der Waals surface area contributed by atoms with E-state index in [1.54, 1.807) is 0 Å². The maximum Gasteiger partial charge on any atom is 0.122 e. The first-order valence-corrected chi connectivity index (χ1v) is 6.74. The van der Waals surface area contributed by atoms with Crippen LogP contribution in [0, 0.1) is 0 Å². The molecule has 2 N–H and O–H groups in total. The highest BCUT2D eigenvalue weighted by Gasteiger charge is 2.10. The number of hydrogen-bond donors (Lipinski definition) is 2. The zero-order chi connectivity index (χ0) is 13.5. The van der Waals surface area contributed by atoms with Crippen molar-refractivity contribution < 1.29 is 5.11 Å². The van der Waals surface area contributed by atoms with Crippen LogP contribution in [0.3, 0.4) is 0 Å². The van der Waals surface area contributed by atoms with Gasteiger partial charge in [-0.2, -0.15) is 0 Å². The third-order valence-corrected chi connectivity index (χ3v) is 3.16. The Balaban J connectivity index is 1.98. The minimum atomic E-state index is -0.0482. The average Bonchev–Trinajstić information content (AvgIpc) is 2.89. The van der Waals surface area contributed by atoms with E-state index in [9.17, 15) is 5.11 Å². The molecule has 19 heavy (non-hydrogen) atoms. The molecule has 1 aromatic carbocycles. The fraction of sp³-hybridized carbons (Fsp3) is 0.400. The van der Waals surface area contributed by atoms with E-state index >= 15 is 0 Å². The van der Waals surface area contributed by atoms with E-state index in [1.807, 2.05) is 42.7 Å². The van der Waals surface area contributed by atoms with Gasteiger partial charge in [0.05, 0.1) is 19.2 Å². The Kier molecular flexibility index (Phi) is 5.12. The highest BCUT2D eigenvalue weighted by atomic mass is 16.3. The zero-order valence-corrected chi connectivity index (χ0v) is 11.3. The zero-order valence-electron chi connectivity index (χ0n) is 11.3. The van der Waals surface area contributed by atoms with Gasteiger partial charge in [-0.1, -0.05) is 37.3 Å². The van der Waals surface area contributed by atoms with Crippen LogP contribution in [-0.2, 0) is 13.1 Å². The molecule has 0 spiro atoms. The van der Waals surface area contributed by atoms with Gasteiger partial charge in [0.25, 0.3) is 0 Å². The Morgan fingerprint density at radius 3 is 2.79 bits per heavy atom. The Labute approximate surface area is 114 Å². The molecule has 1 aromatic heterocycles. The van der Waals surface area contributed by atoms with Gasteiger partial charge in [-0.25, -0.2) is 4.98 Å². The lowest BCUT2D eigenvalue weighted by Gasteiger charge is -2.17. The van der Waals surface area contributed by atoms with Crippen molar-refractivity contribution >= 4 is 0 Å². The van der Waals surface area contributed by atoms with Gasteiger partial charge in [0.15, 0.2) is 0 Å². The second-order valence-electron chi connectivity index (χ2n) is 4.56. The van der Waals surface area contributed by atoms with E-state index in [0.29, 0.717) is 6.54 Å². The number of imidazole rings is 1. The van der Waals surface area contributed by atoms with Gasteiger partial charge in [0, 0.05) is 18.9 Å². The monoisotopic (exact) mass is 259 g/mol. The van der Waals surface area contributed by atoms with Gasteiger partial charge in [0.1, 0.15) is 5.82 Å². The van der Waals surface area contributed by atoms with E-state index in [0.717, 1.165) is 24.4 Å². The molecule has 0 radical (unpaired) electrons. The molecule has 4 nitrogen and oxygen atoms in total. The maximum atomic E-state index is 9.49. The number of aryl methyl sites for hydroxylation is 1. The number of nitrogens with zero attached hydrogens (tertiary/aromatic N) is 2. The third kappa shape index (κ3) is 3.66. The average molecular weight is 259 g/mol. The lowest BCUT2D eigenvalue weighted by Crippen LogP contribution is -2.25. The molecule has 0 aliphatic rings. The number of hydrogen-bond acceptors (Lipinski definition) is 3. The first-order chi connectivity index (χ1) is 9.35. The smallest absolute Gasteiger partial charge is 0.122 e. The van der Waals surface area contributed by atoms with Gasteiger partial charge in [-0.05, 0) is 12.0 Å². The molecular weight excluding hydrogens is 238 g/mol. The summed E-state index contributed by atoms with van der Waals surface area (Å²) < 4.78 is 2.15. The molecule has 0 amide bonds. The van der Waals surface area contributed by atoms with Crippen molar-refractivity contribution in [1.82, 2.24) is 14.9 Å². The highest BCUT2D eigenvalue weighted by Crippen LogP contribution is 2.12. The summed E-state index contributed by atoms with van der Waals surface area (Å²) in [5.41, 5.74) is 1.10. The predicted molar refractivity (Wildman–Crippen MR) is 75.6 cm³/mol. The predicted octanol–water partition coefficient (Wildman–Crippen LogP) is 2.12. The second-order valence-corrected chi connectivity index (χ2v) is 4.56. The van der Waals surface area contributed by atoms with Crippen LogP contribution in [0.25, 0.3) is 0 Å². The van der Waals surface area contributed by atoms with Crippen LogP contribution in [0.2, 0.25) is 0 Å². The normalized spacial score (nSPS) is 12.5. The van der Waals surface area contributed by atoms with E-state index in [-0.39, 0.29) is 12.6 Å². The number of aliphatic hydroxyl groups is 1. The lowest BCUT2D eigenvalue weighted by molar-refractivity contribution is 0.242. The largest absolute Gasteiger partial charge is 0.394 e. The summed E-state index contributed by atoms with van der Waals surface area (Å²) in [5, 5.41) is 12.8. The first-order valence-electron chi connectivity index (χ1n) is 6.74. The third-order valence-electron chi connectivity index (χ3n) is 3.16. The molecule has 1 heterocycles. The Bertz CT molecular complexity index is 481. The van der Waals surface area contributed by atoms with Gasteiger partial charge in [-0.15, -0.1) is 0 Å². The topological polar surface area (TPSA) is 50.1 Å². The molecule has 0 bridgehead atoms. The van der Waals surface area contributed by atoms with Crippen molar-refractivity contribution in [1.29, 1.82) is 0 Å². The molecule has 0 unspecified atom stereocenters. The van der Waals surface area contributed by atoms with E-state index in [2.05, 4.69) is 21.8 Å². The minimum absolute atomic E-state index is 0.0482. The van der Waals surface area contributed by atoms with Crippen LogP contribution >= 0.6 is 0 Å². The van der Waals surface area contributed by atoms with Crippen LogP contribution < -0.4 is 5.32 Å². The molecule has 2 rings (SSSR count). The molecule has 0 fully saturated rings. The summed E-state index contributed by atoms with van der Waals surface area (Å²) in [6.07, 6.45) is 4.91. The molecule has 2 aromatic rings. The molecule has 0 aliphatic heterocycles. The van der Waals surface area contributed by atoms with Gasteiger partial charge >= 0.3 is 0 Å². The summed E-state index contributed by atoms with van der Waals surface area (Å²) in [6.45, 7) is 3.87. The van der Waals surface area contributed by atoms with Crippen LogP contribution in [0.5, 0.6) is 0 Å². The summed E-state index contributed by atoms with van der Waals surface area (Å²) in [6, 6.07) is 9.94. The second kappa shape index (κ2) is 7.07. The van der Waals surface area contributed by atoms with Crippen molar-refractivity contribution in [3.63, 3.8) is 0 Å². The fourth-order valence-electron chi connectivity index (χ4n) is 2.14. The lowest BCUT2D eigenvalue weighted by atomic mass is 10.1. The highest BCUT2D eigenvalue weighted by molar-refractivity contribution is 5.19. The molecular formula is C15H21N3O. The van der Waals surface area contributed by atoms with Crippen LogP contribution in [0.15, 0.2) is 42.7 Å². The molecule has 0 aliphatic carbocycles. The molecule has 0 saturated carbocycles. The van der Waals surface area contributed by atoms with Gasteiger partial charge < -0.3 is 15.0 Å². The number of benzene rings is 1. The fourth-order valence-corrected chi connectivity index (χ4v) is 2.14. The standard InChI is InChI=1S/C15H21N3O/c1-2-9-18-10-8-16-15(18)11-17-14(12-19)13-6-4-3-5-7-13/h3-8,10,14,17,19H,2,9,11-12H2,1H3/t14-/m0/s1. The Morgan fingerprint density at radius 2 is 2.11 bits per heavy atom. The molecule has 102 valence electrons. The summed E-state index contributed by atoms with van der Waals surface area (Å²) in [7, 11) is 0. The number of aliphatic hydroxyl groups excluding tert-OH is 1. The quantitative estimate of drug-likeness (QED) is 0.800. The van der Waals surface area contributed by atoms with E-state index in [4.69, 9.17) is 0 Å². The summed E-state index contributed by atoms with van der Waals surface area (Å²) in [5.74, 6) is 1.01. The van der Waals surface area contributed by atoms with Crippen LogP contribution in [0.1, 0.15) is 30.8 Å². The van der Waals surface area contributed by atoms with Crippen molar-refractivity contribution in [2.45, 2.75) is 32.5 Å². The van der Waals surface area contributed by atoms with E-state index < -0.39 is 0 Å². The SMILES string of the molecule is CCCn1ccnc1CN[C@@H](CO)c1ccccc1. The summed E-state index contributed by atoms with van der Waals surface area (Å²) >= 11 is 0. The van der Waals surface area contributed by atoms with E-state index in [1.165, 1.54) is 0 Å². The minimum Gasteiger partial charge on any atom is -0.394 e. The Hall–Kier alpha value is -1.65. The van der Waals surface area contributed by atoms with Crippen LogP contribution in [-0.4, -0.2) is 21.3 Å². The van der Waals surface area contributed by atoms with Crippen molar-refractivity contribution in [3.8, 4) is 0 Å². The first kappa shape index (κ1) is 13.8. The van der Waals surface area contributed by atoms with Crippen molar-refractivity contribution in [2.24, 2.45) is 0 Å². The van der Waals surface area contributed by atoms with Gasteiger partial charge in [0.2, 0.25) is 0 Å². The number of rotatable bonds is 7.